The van der Waals surface area contributed by atoms with Crippen LogP contribution in [0.15, 0.2) is 36.7 Å². The van der Waals surface area contributed by atoms with Crippen LogP contribution in [0.2, 0.25) is 0 Å². The van der Waals surface area contributed by atoms with Crippen molar-refractivity contribution in [1.29, 1.82) is 0 Å². The number of benzene rings is 1. The van der Waals surface area contributed by atoms with Gasteiger partial charge >= 0.3 is 6.55 Å². The van der Waals surface area contributed by atoms with Crippen LogP contribution in [0.25, 0.3) is 0 Å². The summed E-state index contributed by atoms with van der Waals surface area (Å²) in [5.41, 5.74) is 1.98. The number of fused-ring (bicyclic) bond motifs is 1. The molecule has 0 saturated heterocycles. The van der Waals surface area contributed by atoms with E-state index in [-0.39, 0.29) is 24.3 Å². The molecule has 1 aromatic carbocycles. The summed E-state index contributed by atoms with van der Waals surface area (Å²) in [5.74, 6) is 0.0258. The predicted octanol–water partition coefficient (Wildman–Crippen LogP) is 3.08. The van der Waals surface area contributed by atoms with Gasteiger partial charge in [-0.15, -0.1) is 0 Å². The zero-order chi connectivity index (χ0) is 17.4. The third-order valence-electron chi connectivity index (χ3n) is 4.76. The molecule has 1 unspecified atom stereocenters. The van der Waals surface area contributed by atoms with Gasteiger partial charge in [0.05, 0.1) is 13.2 Å². The Morgan fingerprint density at radius 1 is 1.36 bits per heavy atom. The van der Waals surface area contributed by atoms with Gasteiger partial charge < -0.3 is 9.64 Å². The highest BCUT2D eigenvalue weighted by Gasteiger charge is 2.39. The minimum absolute atomic E-state index is 0.0723. The molecule has 0 radical (unpaired) electrons. The van der Waals surface area contributed by atoms with Gasteiger partial charge in [-0.05, 0) is 30.4 Å². The van der Waals surface area contributed by atoms with Crippen LogP contribution in [-0.4, -0.2) is 33.0 Å². The molecular weight excluding hydrogens is 328 g/mol. The van der Waals surface area contributed by atoms with E-state index in [9.17, 15) is 13.6 Å². The first-order valence-corrected chi connectivity index (χ1v) is 8.45. The van der Waals surface area contributed by atoms with Crippen LogP contribution in [0.1, 0.15) is 42.4 Å². The van der Waals surface area contributed by atoms with Gasteiger partial charge in [0.2, 0.25) is 0 Å². The molecule has 132 valence electrons. The van der Waals surface area contributed by atoms with Crippen LogP contribution in [0.5, 0.6) is 0 Å². The Kier molecular flexibility index (Phi) is 4.25. The van der Waals surface area contributed by atoms with E-state index in [0.29, 0.717) is 6.61 Å². The Labute approximate surface area is 144 Å². The van der Waals surface area contributed by atoms with Crippen LogP contribution < -0.4 is 0 Å². The highest BCUT2D eigenvalue weighted by Crippen LogP contribution is 2.35. The van der Waals surface area contributed by atoms with E-state index in [4.69, 9.17) is 4.74 Å². The van der Waals surface area contributed by atoms with Crippen molar-refractivity contribution < 1.29 is 18.3 Å². The second-order valence-corrected chi connectivity index (χ2v) is 6.43. The lowest BCUT2D eigenvalue weighted by Crippen LogP contribution is -2.39. The number of alkyl halides is 2. The van der Waals surface area contributed by atoms with E-state index in [1.165, 1.54) is 12.4 Å². The molecule has 1 aromatic heterocycles. The number of rotatable bonds is 5. The minimum atomic E-state index is -2.67. The fourth-order valence-electron chi connectivity index (χ4n) is 3.32. The maximum Gasteiger partial charge on any atom is 0.319 e. The standard InChI is InChI=1S/C18H19F2N3O2/c19-18(20)22-9-8-21-15(22)11-23(13-5-6-13)17(24)16-14-4-2-1-3-12(14)7-10-25-16/h1-4,8-9,13,16,18H,5-7,10-11H2. The quantitative estimate of drug-likeness (QED) is 0.835. The van der Waals surface area contributed by atoms with Crippen LogP contribution in [0.3, 0.4) is 0 Å². The lowest BCUT2D eigenvalue weighted by atomic mass is 9.97. The normalized spacial score (nSPS) is 19.7. The first kappa shape index (κ1) is 16.2. The molecule has 0 spiro atoms. The molecule has 7 heteroatoms. The predicted molar refractivity (Wildman–Crippen MR) is 85.9 cm³/mol. The zero-order valence-electron chi connectivity index (χ0n) is 13.6. The van der Waals surface area contributed by atoms with Gasteiger partial charge in [0, 0.05) is 18.4 Å². The Morgan fingerprint density at radius 2 is 2.16 bits per heavy atom. The fraction of sp³-hybridized carbons (Fsp3) is 0.444. The topological polar surface area (TPSA) is 47.4 Å². The molecule has 1 aliphatic carbocycles. The van der Waals surface area contributed by atoms with Crippen molar-refractivity contribution in [3.05, 3.63) is 53.6 Å². The Bertz CT molecular complexity index is 773. The fourth-order valence-corrected chi connectivity index (χ4v) is 3.32. The van der Waals surface area contributed by atoms with E-state index < -0.39 is 12.7 Å². The van der Waals surface area contributed by atoms with Gasteiger partial charge in [0.15, 0.2) is 6.10 Å². The molecule has 25 heavy (non-hydrogen) atoms. The Morgan fingerprint density at radius 3 is 2.92 bits per heavy atom. The molecule has 1 atom stereocenters. The van der Waals surface area contributed by atoms with Crippen molar-refractivity contribution in [1.82, 2.24) is 14.5 Å². The lowest BCUT2D eigenvalue weighted by molar-refractivity contribution is -0.146. The second kappa shape index (κ2) is 6.55. The molecule has 0 N–H and O–H groups in total. The van der Waals surface area contributed by atoms with E-state index in [0.717, 1.165) is 35.0 Å². The Balaban J connectivity index is 1.60. The number of ether oxygens (including phenoxy) is 1. The first-order valence-electron chi connectivity index (χ1n) is 8.45. The summed E-state index contributed by atoms with van der Waals surface area (Å²) in [6.07, 6.45) is 4.45. The third-order valence-corrected chi connectivity index (χ3v) is 4.76. The average molecular weight is 347 g/mol. The maximum atomic E-state index is 13.1. The van der Waals surface area contributed by atoms with Crippen molar-refractivity contribution >= 4 is 5.91 Å². The van der Waals surface area contributed by atoms with Crippen molar-refractivity contribution in [3.63, 3.8) is 0 Å². The minimum Gasteiger partial charge on any atom is -0.363 e. The highest BCUT2D eigenvalue weighted by molar-refractivity contribution is 5.83. The summed E-state index contributed by atoms with van der Waals surface area (Å²) >= 11 is 0. The number of amides is 1. The molecule has 4 rings (SSSR count). The number of hydrogen-bond acceptors (Lipinski definition) is 3. The number of hydrogen-bond donors (Lipinski definition) is 0. The highest BCUT2D eigenvalue weighted by atomic mass is 19.3. The molecule has 1 saturated carbocycles. The third kappa shape index (κ3) is 3.16. The van der Waals surface area contributed by atoms with Gasteiger partial charge in [-0.25, -0.2) is 4.98 Å². The van der Waals surface area contributed by atoms with Crippen LogP contribution >= 0.6 is 0 Å². The van der Waals surface area contributed by atoms with Gasteiger partial charge in [0.1, 0.15) is 5.82 Å². The van der Waals surface area contributed by atoms with Crippen LogP contribution in [0.4, 0.5) is 8.78 Å². The van der Waals surface area contributed by atoms with Crippen LogP contribution in [0, 0.1) is 0 Å². The zero-order valence-corrected chi connectivity index (χ0v) is 13.6. The molecule has 1 amide bonds. The molecule has 2 heterocycles. The number of aromatic nitrogens is 2. The molecular formula is C18H19F2N3O2. The average Bonchev–Trinajstić information content (AvgIpc) is 3.36. The summed E-state index contributed by atoms with van der Waals surface area (Å²) in [4.78, 5) is 18.8. The van der Waals surface area contributed by atoms with E-state index in [1.807, 2.05) is 24.3 Å². The smallest absolute Gasteiger partial charge is 0.319 e. The lowest BCUT2D eigenvalue weighted by Gasteiger charge is -2.31. The van der Waals surface area contributed by atoms with E-state index in [2.05, 4.69) is 4.98 Å². The summed E-state index contributed by atoms with van der Waals surface area (Å²) in [6, 6.07) is 7.82. The molecule has 0 bridgehead atoms. The maximum absolute atomic E-state index is 13.1. The second-order valence-electron chi connectivity index (χ2n) is 6.43. The largest absolute Gasteiger partial charge is 0.363 e. The molecule has 1 fully saturated rings. The SMILES string of the molecule is O=C(C1OCCc2ccccc21)N(Cc1nccn1C(F)F)C1CC1. The first-order chi connectivity index (χ1) is 12.1. The van der Waals surface area contributed by atoms with Gasteiger partial charge in [-0.3, -0.25) is 9.36 Å². The number of carbonyl (C=O) groups excluding carboxylic acids is 1. The number of carbonyl (C=O) groups is 1. The summed E-state index contributed by atoms with van der Waals surface area (Å²) in [5, 5.41) is 0. The molecule has 2 aromatic rings. The number of nitrogens with zero attached hydrogens (tertiary/aromatic N) is 3. The van der Waals surface area contributed by atoms with Crippen molar-refractivity contribution in [3.8, 4) is 0 Å². The number of halogens is 2. The van der Waals surface area contributed by atoms with Crippen molar-refractivity contribution in [2.24, 2.45) is 0 Å². The molecule has 2 aliphatic rings. The van der Waals surface area contributed by atoms with Crippen molar-refractivity contribution in [2.75, 3.05) is 6.61 Å². The van der Waals surface area contributed by atoms with Gasteiger partial charge in [0.25, 0.3) is 5.91 Å². The summed E-state index contributed by atoms with van der Waals surface area (Å²) < 4.78 is 32.7. The summed E-state index contributed by atoms with van der Waals surface area (Å²) in [7, 11) is 0. The Hall–Kier alpha value is -2.28. The van der Waals surface area contributed by atoms with Gasteiger partial charge in [-0.2, -0.15) is 8.78 Å². The monoisotopic (exact) mass is 347 g/mol. The van der Waals surface area contributed by atoms with E-state index in [1.54, 1.807) is 4.90 Å². The number of imidazole rings is 1. The molecule has 5 nitrogen and oxygen atoms in total. The van der Waals surface area contributed by atoms with Crippen LogP contribution in [-0.2, 0) is 22.5 Å². The van der Waals surface area contributed by atoms with Gasteiger partial charge in [-0.1, -0.05) is 24.3 Å². The van der Waals surface area contributed by atoms with E-state index >= 15 is 0 Å². The molecule has 1 aliphatic heterocycles. The van der Waals surface area contributed by atoms with Crippen molar-refractivity contribution in [2.45, 2.75) is 44.5 Å². The summed E-state index contributed by atoms with van der Waals surface area (Å²) in [6.45, 7) is -2.11.